The van der Waals surface area contributed by atoms with Crippen molar-refractivity contribution in [2.75, 3.05) is 20.2 Å². The van der Waals surface area contributed by atoms with Gasteiger partial charge >= 0.3 is 0 Å². The second-order valence-corrected chi connectivity index (χ2v) is 6.80. The lowest BCUT2D eigenvalue weighted by Crippen LogP contribution is -2.20. The van der Waals surface area contributed by atoms with E-state index in [9.17, 15) is 0 Å². The Kier molecular flexibility index (Phi) is 5.67. The van der Waals surface area contributed by atoms with Crippen LogP contribution in [0, 0.1) is 5.92 Å². The second-order valence-electron chi connectivity index (χ2n) is 6.80. The number of methoxy groups -OCH3 is 1. The number of likely N-dealkylation sites (tertiary alicyclic amines) is 1. The summed E-state index contributed by atoms with van der Waals surface area (Å²) >= 11 is 0. The van der Waals surface area contributed by atoms with E-state index in [2.05, 4.69) is 58.5 Å². The third kappa shape index (κ3) is 4.00. The fourth-order valence-electron chi connectivity index (χ4n) is 3.83. The molecule has 3 aromatic rings. The summed E-state index contributed by atoms with van der Waals surface area (Å²) in [5, 5.41) is 1.30. The van der Waals surface area contributed by atoms with Gasteiger partial charge in [-0.25, -0.2) is 0 Å². The molecule has 4 rings (SSSR count). The zero-order valence-electron chi connectivity index (χ0n) is 14.6. The average Bonchev–Trinajstić information content (AvgIpc) is 3.23. The van der Waals surface area contributed by atoms with Gasteiger partial charge in [-0.1, -0.05) is 30.3 Å². The number of hydrogen-bond donors (Lipinski definition) is 1. The highest BCUT2D eigenvalue weighted by Crippen LogP contribution is 2.28. The van der Waals surface area contributed by atoms with Crippen LogP contribution in [0.3, 0.4) is 0 Å². The predicted molar refractivity (Wildman–Crippen MR) is 106 cm³/mol. The van der Waals surface area contributed by atoms with Crippen molar-refractivity contribution >= 4 is 23.3 Å². The summed E-state index contributed by atoms with van der Waals surface area (Å²) in [6, 6.07) is 17.1. The van der Waals surface area contributed by atoms with Gasteiger partial charge in [-0.15, -0.1) is 12.4 Å². The molecule has 1 aliphatic rings. The van der Waals surface area contributed by atoms with Crippen molar-refractivity contribution in [3.05, 3.63) is 65.9 Å². The number of fused-ring (bicyclic) bond motifs is 1. The van der Waals surface area contributed by atoms with Gasteiger partial charge in [0.15, 0.2) is 0 Å². The Morgan fingerprint density at radius 1 is 1.16 bits per heavy atom. The standard InChI is InChI=1S/C21H24N2O.ClH/c1-24-19-7-8-21-20(12-19)18(13-22-21)11-17-9-10-23(15-17)14-16-5-3-2-4-6-16;/h2-8,12-13,17,22H,9-11,14-15H2,1H3;1H. The normalized spacial score (nSPS) is 17.6. The van der Waals surface area contributed by atoms with Gasteiger partial charge in [-0.05, 0) is 54.6 Å². The molecule has 0 bridgehead atoms. The van der Waals surface area contributed by atoms with Crippen molar-refractivity contribution in [1.29, 1.82) is 0 Å². The van der Waals surface area contributed by atoms with Crippen molar-refractivity contribution in [2.24, 2.45) is 5.92 Å². The highest BCUT2D eigenvalue weighted by molar-refractivity contribution is 5.85. The minimum absolute atomic E-state index is 0. The van der Waals surface area contributed by atoms with Crippen LogP contribution in [0.15, 0.2) is 54.7 Å². The van der Waals surface area contributed by atoms with Crippen LogP contribution >= 0.6 is 12.4 Å². The fourth-order valence-corrected chi connectivity index (χ4v) is 3.83. The number of benzene rings is 2. The Bertz CT molecular complexity index is 815. The van der Waals surface area contributed by atoms with E-state index in [1.165, 1.54) is 41.5 Å². The minimum atomic E-state index is 0. The Balaban J connectivity index is 0.00000182. The molecule has 1 unspecified atom stereocenters. The molecule has 25 heavy (non-hydrogen) atoms. The number of halogens is 1. The molecule has 1 atom stereocenters. The number of hydrogen-bond acceptors (Lipinski definition) is 2. The van der Waals surface area contributed by atoms with E-state index in [4.69, 9.17) is 4.74 Å². The molecule has 0 radical (unpaired) electrons. The van der Waals surface area contributed by atoms with E-state index in [1.807, 2.05) is 6.07 Å². The SMILES string of the molecule is COc1ccc2[nH]cc(CC3CCN(Cc4ccccc4)C3)c2c1.Cl. The van der Waals surface area contributed by atoms with Crippen molar-refractivity contribution in [1.82, 2.24) is 9.88 Å². The lowest BCUT2D eigenvalue weighted by Gasteiger charge is -2.16. The number of ether oxygens (including phenoxy) is 1. The first-order valence-corrected chi connectivity index (χ1v) is 8.72. The molecule has 1 fully saturated rings. The summed E-state index contributed by atoms with van der Waals surface area (Å²) in [4.78, 5) is 5.97. The molecule has 2 heterocycles. The predicted octanol–water partition coefficient (Wildman–Crippen LogP) is 4.66. The summed E-state index contributed by atoms with van der Waals surface area (Å²) in [7, 11) is 1.73. The first-order chi connectivity index (χ1) is 11.8. The van der Waals surface area contributed by atoms with Gasteiger partial charge < -0.3 is 9.72 Å². The molecule has 4 heteroatoms. The van der Waals surface area contributed by atoms with Gasteiger partial charge in [-0.2, -0.15) is 0 Å². The number of nitrogens with one attached hydrogen (secondary N) is 1. The van der Waals surface area contributed by atoms with Crippen molar-refractivity contribution in [3.63, 3.8) is 0 Å². The number of H-pyrrole nitrogens is 1. The zero-order valence-corrected chi connectivity index (χ0v) is 15.4. The summed E-state index contributed by atoms with van der Waals surface area (Å²) < 4.78 is 5.38. The largest absolute Gasteiger partial charge is 0.497 e. The maximum Gasteiger partial charge on any atom is 0.119 e. The molecule has 3 nitrogen and oxygen atoms in total. The molecular formula is C21H25ClN2O. The van der Waals surface area contributed by atoms with Crippen LogP contribution in [-0.4, -0.2) is 30.1 Å². The van der Waals surface area contributed by atoms with Crippen LogP contribution in [0.2, 0.25) is 0 Å². The maximum atomic E-state index is 5.38. The number of nitrogens with zero attached hydrogens (tertiary/aromatic N) is 1. The Hall–Kier alpha value is -1.97. The summed E-state index contributed by atoms with van der Waals surface area (Å²) in [6.07, 6.45) is 4.59. The van der Waals surface area contributed by atoms with Crippen LogP contribution in [0.1, 0.15) is 17.5 Å². The van der Waals surface area contributed by atoms with E-state index in [0.717, 1.165) is 24.6 Å². The first-order valence-electron chi connectivity index (χ1n) is 8.72. The molecule has 1 saturated heterocycles. The maximum absolute atomic E-state index is 5.38. The molecule has 1 aliphatic heterocycles. The summed E-state index contributed by atoms with van der Waals surface area (Å²) in [6.45, 7) is 3.45. The molecule has 2 aromatic carbocycles. The van der Waals surface area contributed by atoms with Gasteiger partial charge in [0.1, 0.15) is 5.75 Å². The average molecular weight is 357 g/mol. The molecular weight excluding hydrogens is 332 g/mol. The third-order valence-corrected chi connectivity index (χ3v) is 5.10. The van der Waals surface area contributed by atoms with Crippen molar-refractivity contribution in [2.45, 2.75) is 19.4 Å². The molecule has 0 amide bonds. The van der Waals surface area contributed by atoms with Crippen LogP contribution in [0.4, 0.5) is 0 Å². The quantitative estimate of drug-likeness (QED) is 0.720. The van der Waals surface area contributed by atoms with Crippen molar-refractivity contribution in [3.8, 4) is 5.75 Å². The molecule has 1 N–H and O–H groups in total. The fraction of sp³-hybridized carbons (Fsp3) is 0.333. The summed E-state index contributed by atoms with van der Waals surface area (Å²) in [5.74, 6) is 1.67. The molecule has 0 aliphatic carbocycles. The Morgan fingerprint density at radius 2 is 2.00 bits per heavy atom. The molecule has 0 spiro atoms. The van der Waals surface area contributed by atoms with Crippen molar-refractivity contribution < 1.29 is 4.74 Å². The number of rotatable bonds is 5. The first kappa shape index (κ1) is 17.8. The van der Waals surface area contributed by atoms with Gasteiger partial charge in [0.05, 0.1) is 7.11 Å². The topological polar surface area (TPSA) is 28.3 Å². The van der Waals surface area contributed by atoms with Crippen LogP contribution in [-0.2, 0) is 13.0 Å². The number of aromatic nitrogens is 1. The Morgan fingerprint density at radius 3 is 2.80 bits per heavy atom. The van der Waals surface area contributed by atoms with Gasteiger partial charge in [0, 0.05) is 30.2 Å². The van der Waals surface area contributed by atoms with E-state index in [1.54, 1.807) is 7.11 Å². The lowest BCUT2D eigenvalue weighted by atomic mass is 9.98. The van der Waals surface area contributed by atoms with E-state index in [0.29, 0.717) is 0 Å². The minimum Gasteiger partial charge on any atom is -0.497 e. The Labute approximate surface area is 155 Å². The molecule has 1 aromatic heterocycles. The molecule has 132 valence electrons. The number of aromatic amines is 1. The highest BCUT2D eigenvalue weighted by atomic mass is 35.5. The third-order valence-electron chi connectivity index (χ3n) is 5.10. The monoisotopic (exact) mass is 356 g/mol. The van der Waals surface area contributed by atoms with Gasteiger partial charge in [-0.3, -0.25) is 4.90 Å². The van der Waals surface area contributed by atoms with Crippen LogP contribution < -0.4 is 4.74 Å². The summed E-state index contributed by atoms with van der Waals surface area (Å²) in [5.41, 5.74) is 4.02. The van der Waals surface area contributed by atoms with Crippen LogP contribution in [0.5, 0.6) is 5.75 Å². The highest BCUT2D eigenvalue weighted by Gasteiger charge is 2.23. The van der Waals surface area contributed by atoms with Gasteiger partial charge in [0.25, 0.3) is 0 Å². The van der Waals surface area contributed by atoms with Crippen LogP contribution in [0.25, 0.3) is 10.9 Å². The zero-order chi connectivity index (χ0) is 16.4. The van der Waals surface area contributed by atoms with E-state index in [-0.39, 0.29) is 12.4 Å². The smallest absolute Gasteiger partial charge is 0.119 e. The van der Waals surface area contributed by atoms with Gasteiger partial charge in [0.2, 0.25) is 0 Å². The van der Waals surface area contributed by atoms with E-state index < -0.39 is 0 Å². The molecule has 0 saturated carbocycles. The lowest BCUT2D eigenvalue weighted by molar-refractivity contribution is 0.316. The second kappa shape index (κ2) is 7.94. The van der Waals surface area contributed by atoms with E-state index >= 15 is 0 Å².